The zero-order chi connectivity index (χ0) is 10.6. The minimum Gasteiger partial charge on any atom is -0.388 e. The van der Waals surface area contributed by atoms with E-state index in [0.29, 0.717) is 19.8 Å². The molecular formula is C11H17NO2S. The molecule has 1 aromatic heterocycles. The van der Waals surface area contributed by atoms with Gasteiger partial charge in [0.1, 0.15) is 0 Å². The average molecular weight is 227 g/mol. The molecule has 1 aliphatic heterocycles. The largest absolute Gasteiger partial charge is 0.388 e. The van der Waals surface area contributed by atoms with Crippen molar-refractivity contribution in [3.05, 3.63) is 22.4 Å². The first-order chi connectivity index (χ1) is 7.29. The summed E-state index contributed by atoms with van der Waals surface area (Å²) in [6.07, 6.45) is 1.48. The fraction of sp³-hybridized carbons (Fsp3) is 0.636. The second-order valence-electron chi connectivity index (χ2n) is 4.02. The molecule has 0 saturated carbocycles. The molecule has 0 radical (unpaired) electrons. The SMILES string of the molecule is OC1(CNCc2cccs2)CCOCC1. The van der Waals surface area contributed by atoms with Gasteiger partial charge in [0.2, 0.25) is 0 Å². The summed E-state index contributed by atoms with van der Waals surface area (Å²) < 4.78 is 5.23. The number of rotatable bonds is 4. The molecule has 3 nitrogen and oxygen atoms in total. The lowest BCUT2D eigenvalue weighted by Gasteiger charge is -2.32. The maximum atomic E-state index is 10.2. The van der Waals surface area contributed by atoms with Crippen molar-refractivity contribution < 1.29 is 9.84 Å². The lowest BCUT2D eigenvalue weighted by molar-refractivity contribution is -0.0616. The van der Waals surface area contributed by atoms with E-state index in [1.807, 2.05) is 6.07 Å². The molecule has 1 fully saturated rings. The molecule has 84 valence electrons. The minimum absolute atomic E-state index is 0.560. The van der Waals surface area contributed by atoms with Crippen LogP contribution in [0.15, 0.2) is 17.5 Å². The first kappa shape index (κ1) is 11.1. The third-order valence-electron chi connectivity index (χ3n) is 2.76. The van der Waals surface area contributed by atoms with Crippen molar-refractivity contribution in [1.82, 2.24) is 5.32 Å². The second kappa shape index (κ2) is 5.07. The molecule has 0 aromatic carbocycles. The monoisotopic (exact) mass is 227 g/mol. The Kier molecular flexibility index (Phi) is 3.75. The maximum absolute atomic E-state index is 10.2. The van der Waals surface area contributed by atoms with E-state index in [2.05, 4.69) is 16.8 Å². The molecule has 15 heavy (non-hydrogen) atoms. The Hall–Kier alpha value is -0.420. The lowest BCUT2D eigenvalue weighted by atomic mass is 9.94. The summed E-state index contributed by atoms with van der Waals surface area (Å²) in [5.74, 6) is 0. The van der Waals surface area contributed by atoms with Gasteiger partial charge in [-0.2, -0.15) is 0 Å². The lowest BCUT2D eigenvalue weighted by Crippen LogP contribution is -2.44. The Morgan fingerprint density at radius 1 is 1.47 bits per heavy atom. The molecule has 0 spiro atoms. The summed E-state index contributed by atoms with van der Waals surface area (Å²) in [5.41, 5.74) is -0.560. The van der Waals surface area contributed by atoms with Gasteiger partial charge in [-0.15, -0.1) is 11.3 Å². The van der Waals surface area contributed by atoms with Crippen LogP contribution in [0.25, 0.3) is 0 Å². The van der Waals surface area contributed by atoms with Gasteiger partial charge in [0, 0.05) is 44.0 Å². The topological polar surface area (TPSA) is 41.5 Å². The van der Waals surface area contributed by atoms with Gasteiger partial charge in [0.15, 0.2) is 0 Å². The number of thiophene rings is 1. The third kappa shape index (κ3) is 3.28. The highest BCUT2D eigenvalue weighted by Gasteiger charge is 2.28. The molecule has 2 rings (SSSR count). The van der Waals surface area contributed by atoms with Crippen LogP contribution in [0.5, 0.6) is 0 Å². The van der Waals surface area contributed by atoms with Gasteiger partial charge in [0.05, 0.1) is 5.60 Å². The van der Waals surface area contributed by atoms with Crippen molar-refractivity contribution >= 4 is 11.3 Å². The van der Waals surface area contributed by atoms with Gasteiger partial charge in [-0.25, -0.2) is 0 Å². The van der Waals surface area contributed by atoms with Crippen molar-refractivity contribution in [3.63, 3.8) is 0 Å². The Morgan fingerprint density at radius 3 is 2.93 bits per heavy atom. The summed E-state index contributed by atoms with van der Waals surface area (Å²) in [4.78, 5) is 1.31. The Bertz CT molecular complexity index is 281. The summed E-state index contributed by atoms with van der Waals surface area (Å²) in [6, 6.07) is 4.15. The first-order valence-electron chi connectivity index (χ1n) is 5.32. The first-order valence-corrected chi connectivity index (χ1v) is 6.20. The standard InChI is InChI=1S/C11H17NO2S/c13-11(3-5-14-6-4-11)9-12-8-10-2-1-7-15-10/h1-2,7,12-13H,3-6,8-9H2. The van der Waals surface area contributed by atoms with Crippen LogP contribution in [-0.4, -0.2) is 30.5 Å². The molecule has 0 atom stereocenters. The molecule has 0 aliphatic carbocycles. The molecule has 1 aromatic rings. The van der Waals surface area contributed by atoms with Crippen LogP contribution >= 0.6 is 11.3 Å². The highest BCUT2D eigenvalue weighted by molar-refractivity contribution is 7.09. The summed E-state index contributed by atoms with van der Waals surface area (Å²) >= 11 is 1.74. The minimum atomic E-state index is -0.560. The molecule has 2 N–H and O–H groups in total. The average Bonchev–Trinajstić information content (AvgIpc) is 2.71. The highest BCUT2D eigenvalue weighted by Crippen LogP contribution is 2.19. The molecule has 0 bridgehead atoms. The smallest absolute Gasteiger partial charge is 0.0815 e. The van der Waals surface area contributed by atoms with E-state index in [9.17, 15) is 5.11 Å². The van der Waals surface area contributed by atoms with Crippen LogP contribution in [-0.2, 0) is 11.3 Å². The maximum Gasteiger partial charge on any atom is 0.0815 e. The van der Waals surface area contributed by atoms with Crippen LogP contribution in [0.4, 0.5) is 0 Å². The molecule has 4 heteroatoms. The fourth-order valence-corrected chi connectivity index (χ4v) is 2.43. The Balaban J connectivity index is 1.72. The number of aliphatic hydroxyl groups is 1. The molecule has 0 amide bonds. The summed E-state index contributed by atoms with van der Waals surface area (Å²) in [6.45, 7) is 2.86. The van der Waals surface area contributed by atoms with Crippen LogP contribution in [0.1, 0.15) is 17.7 Å². The summed E-state index contributed by atoms with van der Waals surface area (Å²) in [7, 11) is 0. The predicted octanol–water partition coefficient (Wildman–Crippen LogP) is 1.38. The van der Waals surface area contributed by atoms with Gasteiger partial charge < -0.3 is 15.2 Å². The third-order valence-corrected chi connectivity index (χ3v) is 3.63. The van der Waals surface area contributed by atoms with Gasteiger partial charge in [-0.05, 0) is 11.4 Å². The Morgan fingerprint density at radius 2 is 2.27 bits per heavy atom. The molecule has 2 heterocycles. The predicted molar refractivity (Wildman–Crippen MR) is 61.0 cm³/mol. The molecular weight excluding hydrogens is 210 g/mol. The van der Waals surface area contributed by atoms with Crippen LogP contribution in [0, 0.1) is 0 Å². The van der Waals surface area contributed by atoms with Crippen molar-refractivity contribution in [2.24, 2.45) is 0 Å². The van der Waals surface area contributed by atoms with E-state index in [1.165, 1.54) is 4.88 Å². The molecule has 1 saturated heterocycles. The van der Waals surface area contributed by atoms with Gasteiger partial charge in [0.25, 0.3) is 0 Å². The fourth-order valence-electron chi connectivity index (χ4n) is 1.76. The number of hydrogen-bond donors (Lipinski definition) is 2. The van der Waals surface area contributed by atoms with E-state index < -0.39 is 5.60 Å². The highest BCUT2D eigenvalue weighted by atomic mass is 32.1. The Labute approximate surface area is 94.1 Å². The van der Waals surface area contributed by atoms with Crippen LogP contribution < -0.4 is 5.32 Å². The van der Waals surface area contributed by atoms with Gasteiger partial charge in [-0.3, -0.25) is 0 Å². The normalized spacial score (nSPS) is 20.3. The molecule has 1 aliphatic rings. The van der Waals surface area contributed by atoms with E-state index >= 15 is 0 Å². The summed E-state index contributed by atoms with van der Waals surface area (Å²) in [5, 5.41) is 15.5. The van der Waals surface area contributed by atoms with Crippen molar-refractivity contribution in [1.29, 1.82) is 0 Å². The van der Waals surface area contributed by atoms with E-state index in [-0.39, 0.29) is 0 Å². The number of ether oxygens (including phenoxy) is 1. The van der Waals surface area contributed by atoms with Gasteiger partial charge >= 0.3 is 0 Å². The zero-order valence-electron chi connectivity index (χ0n) is 8.74. The van der Waals surface area contributed by atoms with Gasteiger partial charge in [-0.1, -0.05) is 6.07 Å². The number of hydrogen-bond acceptors (Lipinski definition) is 4. The van der Waals surface area contributed by atoms with Crippen molar-refractivity contribution in [3.8, 4) is 0 Å². The second-order valence-corrected chi connectivity index (χ2v) is 5.05. The van der Waals surface area contributed by atoms with E-state index in [0.717, 1.165) is 19.4 Å². The van der Waals surface area contributed by atoms with E-state index in [4.69, 9.17) is 4.74 Å². The molecule has 0 unspecified atom stereocenters. The van der Waals surface area contributed by atoms with Crippen LogP contribution in [0.3, 0.4) is 0 Å². The van der Waals surface area contributed by atoms with E-state index in [1.54, 1.807) is 11.3 Å². The quantitative estimate of drug-likeness (QED) is 0.816. The zero-order valence-corrected chi connectivity index (χ0v) is 9.55. The van der Waals surface area contributed by atoms with Crippen molar-refractivity contribution in [2.75, 3.05) is 19.8 Å². The van der Waals surface area contributed by atoms with Crippen molar-refractivity contribution in [2.45, 2.75) is 25.0 Å². The number of nitrogens with one attached hydrogen (secondary N) is 1. The van der Waals surface area contributed by atoms with Crippen LogP contribution in [0.2, 0.25) is 0 Å².